The van der Waals surface area contributed by atoms with Gasteiger partial charge in [-0.1, -0.05) is 24.3 Å². The molecule has 0 fully saturated rings. The summed E-state index contributed by atoms with van der Waals surface area (Å²) in [5.74, 6) is 0.557. The number of ether oxygens (including phenoxy) is 1. The van der Waals surface area contributed by atoms with E-state index in [1.165, 1.54) is 6.07 Å². The third-order valence-electron chi connectivity index (χ3n) is 3.27. The molecule has 4 heteroatoms. The highest BCUT2D eigenvalue weighted by molar-refractivity contribution is 9.10. The highest BCUT2D eigenvalue weighted by atomic mass is 79.9. The first-order valence-electron chi connectivity index (χ1n) is 6.67. The quantitative estimate of drug-likeness (QED) is 0.774. The minimum Gasteiger partial charge on any atom is -0.497 e. The van der Waals surface area contributed by atoms with Gasteiger partial charge in [-0.15, -0.1) is 0 Å². The molecule has 0 aliphatic carbocycles. The second-order valence-corrected chi connectivity index (χ2v) is 5.57. The molecule has 2 nitrogen and oxygen atoms in total. The van der Waals surface area contributed by atoms with Gasteiger partial charge in [0.25, 0.3) is 0 Å². The number of hydrogen-bond acceptors (Lipinski definition) is 2. The van der Waals surface area contributed by atoms with Crippen molar-refractivity contribution >= 4 is 21.7 Å². The number of ketones is 1. The lowest BCUT2D eigenvalue weighted by atomic mass is 10.0. The summed E-state index contributed by atoms with van der Waals surface area (Å²) in [5, 5.41) is 0. The first-order valence-corrected chi connectivity index (χ1v) is 7.47. The third kappa shape index (κ3) is 4.39. The van der Waals surface area contributed by atoms with E-state index < -0.39 is 0 Å². The van der Waals surface area contributed by atoms with Crippen LogP contribution in [0.15, 0.2) is 46.9 Å². The maximum atomic E-state index is 13.4. The summed E-state index contributed by atoms with van der Waals surface area (Å²) in [6.07, 6.45) is 1.36. The molecule has 0 atom stereocenters. The molecule has 0 N–H and O–H groups in total. The van der Waals surface area contributed by atoms with E-state index >= 15 is 0 Å². The maximum Gasteiger partial charge on any atom is 0.137 e. The summed E-state index contributed by atoms with van der Waals surface area (Å²) in [7, 11) is 1.62. The van der Waals surface area contributed by atoms with Crippen molar-refractivity contribution in [2.24, 2.45) is 0 Å². The molecule has 0 aromatic heterocycles. The second-order valence-electron chi connectivity index (χ2n) is 4.78. The number of hydrogen-bond donors (Lipinski definition) is 0. The number of Topliss-reactive ketones (excluding diaryl/α,β-unsaturated/α-hetero) is 1. The van der Waals surface area contributed by atoms with Gasteiger partial charge >= 0.3 is 0 Å². The normalized spacial score (nSPS) is 10.4. The van der Waals surface area contributed by atoms with Crippen LogP contribution in [0.4, 0.5) is 4.39 Å². The van der Waals surface area contributed by atoms with Crippen LogP contribution < -0.4 is 4.74 Å². The molecule has 0 saturated heterocycles. The number of benzene rings is 2. The van der Waals surface area contributed by atoms with Crippen molar-refractivity contribution in [1.82, 2.24) is 0 Å². The Kier molecular flexibility index (Phi) is 5.51. The number of carbonyl (C=O) groups excluding carboxylic acids is 1. The summed E-state index contributed by atoms with van der Waals surface area (Å²) in [5.41, 5.74) is 1.78. The SMILES string of the molecule is COc1ccc(CCC(=O)Cc2cccc(F)c2Br)cc1. The standard InChI is InChI=1S/C17H16BrFO2/c1-21-15-9-6-12(7-10-15)5-8-14(20)11-13-3-2-4-16(19)17(13)18/h2-4,6-7,9-10H,5,8,11H2,1H3. The van der Waals surface area contributed by atoms with Crippen molar-refractivity contribution < 1.29 is 13.9 Å². The Labute approximate surface area is 132 Å². The van der Waals surface area contributed by atoms with E-state index in [4.69, 9.17) is 4.74 Å². The molecular weight excluding hydrogens is 335 g/mol. The summed E-state index contributed by atoms with van der Waals surface area (Å²) in [4.78, 5) is 12.0. The van der Waals surface area contributed by atoms with Gasteiger partial charge in [-0.2, -0.15) is 0 Å². The lowest BCUT2D eigenvalue weighted by Gasteiger charge is -2.06. The predicted molar refractivity (Wildman–Crippen MR) is 84.1 cm³/mol. The number of rotatable bonds is 6. The van der Waals surface area contributed by atoms with Crippen LogP contribution >= 0.6 is 15.9 Å². The van der Waals surface area contributed by atoms with E-state index in [2.05, 4.69) is 15.9 Å². The third-order valence-corrected chi connectivity index (χ3v) is 4.16. The molecule has 0 aliphatic rings. The zero-order valence-corrected chi connectivity index (χ0v) is 13.3. The molecule has 0 radical (unpaired) electrons. The summed E-state index contributed by atoms with van der Waals surface area (Å²) < 4.78 is 18.8. The van der Waals surface area contributed by atoms with E-state index in [1.807, 2.05) is 24.3 Å². The zero-order chi connectivity index (χ0) is 15.2. The van der Waals surface area contributed by atoms with Gasteiger partial charge in [0.15, 0.2) is 0 Å². The maximum absolute atomic E-state index is 13.4. The molecule has 2 aromatic rings. The number of carbonyl (C=O) groups is 1. The molecule has 110 valence electrons. The van der Waals surface area contributed by atoms with Crippen molar-refractivity contribution in [2.75, 3.05) is 7.11 Å². The van der Waals surface area contributed by atoms with E-state index in [0.717, 1.165) is 11.3 Å². The molecule has 2 aromatic carbocycles. The largest absolute Gasteiger partial charge is 0.497 e. The minimum atomic E-state index is -0.338. The second kappa shape index (κ2) is 7.36. The smallest absolute Gasteiger partial charge is 0.137 e. The van der Waals surface area contributed by atoms with Crippen molar-refractivity contribution in [2.45, 2.75) is 19.3 Å². The van der Waals surface area contributed by atoms with Crippen LogP contribution in [0.2, 0.25) is 0 Å². The van der Waals surface area contributed by atoms with Gasteiger partial charge in [0.2, 0.25) is 0 Å². The average Bonchev–Trinajstić information content (AvgIpc) is 2.50. The Balaban J connectivity index is 1.91. The van der Waals surface area contributed by atoms with Crippen molar-refractivity contribution in [3.8, 4) is 5.75 Å². The first kappa shape index (κ1) is 15.7. The van der Waals surface area contributed by atoms with Gasteiger partial charge in [0.1, 0.15) is 17.3 Å². The lowest BCUT2D eigenvalue weighted by Crippen LogP contribution is -2.05. The molecule has 0 unspecified atom stereocenters. The fraction of sp³-hybridized carbons (Fsp3) is 0.235. The summed E-state index contributed by atoms with van der Waals surface area (Å²) >= 11 is 3.18. The van der Waals surface area contributed by atoms with Gasteiger partial charge in [-0.3, -0.25) is 4.79 Å². The van der Waals surface area contributed by atoms with Gasteiger partial charge in [0, 0.05) is 12.8 Å². The number of halogens is 2. The summed E-state index contributed by atoms with van der Waals surface area (Å²) in [6, 6.07) is 12.4. The molecule has 21 heavy (non-hydrogen) atoms. The molecule has 0 saturated carbocycles. The van der Waals surface area contributed by atoms with Crippen LogP contribution in [-0.4, -0.2) is 12.9 Å². The van der Waals surface area contributed by atoms with Crippen LogP contribution in [0.5, 0.6) is 5.75 Å². The van der Waals surface area contributed by atoms with Crippen LogP contribution in [0.3, 0.4) is 0 Å². The van der Waals surface area contributed by atoms with Crippen molar-refractivity contribution in [3.05, 3.63) is 63.9 Å². The van der Waals surface area contributed by atoms with E-state index in [1.54, 1.807) is 19.2 Å². The minimum absolute atomic E-state index is 0.0946. The Hall–Kier alpha value is -1.68. The molecule has 0 spiro atoms. The fourth-order valence-electron chi connectivity index (χ4n) is 2.06. The Morgan fingerprint density at radius 2 is 1.90 bits per heavy atom. The molecule has 0 aliphatic heterocycles. The topological polar surface area (TPSA) is 26.3 Å². The number of aryl methyl sites for hydroxylation is 1. The van der Waals surface area contributed by atoms with Gasteiger partial charge in [0.05, 0.1) is 11.6 Å². The Bertz CT molecular complexity index is 623. The van der Waals surface area contributed by atoms with Crippen LogP contribution in [0, 0.1) is 5.82 Å². The predicted octanol–water partition coefficient (Wildman–Crippen LogP) is 4.34. The van der Waals surface area contributed by atoms with Gasteiger partial charge in [-0.05, 0) is 51.7 Å². The van der Waals surface area contributed by atoms with E-state index in [0.29, 0.717) is 22.9 Å². The van der Waals surface area contributed by atoms with Crippen LogP contribution in [0.1, 0.15) is 17.5 Å². The van der Waals surface area contributed by atoms with E-state index in [-0.39, 0.29) is 18.0 Å². The highest BCUT2D eigenvalue weighted by Gasteiger charge is 2.10. The van der Waals surface area contributed by atoms with Crippen molar-refractivity contribution in [1.29, 1.82) is 0 Å². The molecule has 0 bridgehead atoms. The molecule has 0 heterocycles. The monoisotopic (exact) mass is 350 g/mol. The highest BCUT2D eigenvalue weighted by Crippen LogP contribution is 2.21. The summed E-state index contributed by atoms with van der Waals surface area (Å²) in [6.45, 7) is 0. The zero-order valence-electron chi connectivity index (χ0n) is 11.7. The Morgan fingerprint density at radius 1 is 1.19 bits per heavy atom. The van der Waals surface area contributed by atoms with Gasteiger partial charge in [-0.25, -0.2) is 4.39 Å². The van der Waals surface area contributed by atoms with Crippen LogP contribution in [-0.2, 0) is 17.6 Å². The lowest BCUT2D eigenvalue weighted by molar-refractivity contribution is -0.118. The van der Waals surface area contributed by atoms with E-state index in [9.17, 15) is 9.18 Å². The average molecular weight is 351 g/mol. The van der Waals surface area contributed by atoms with Crippen LogP contribution in [0.25, 0.3) is 0 Å². The first-order chi connectivity index (χ1) is 10.1. The Morgan fingerprint density at radius 3 is 2.57 bits per heavy atom. The molecule has 0 amide bonds. The molecule has 2 rings (SSSR count). The fourth-order valence-corrected chi connectivity index (χ4v) is 2.47. The van der Waals surface area contributed by atoms with Crippen molar-refractivity contribution in [3.63, 3.8) is 0 Å². The van der Waals surface area contributed by atoms with Gasteiger partial charge < -0.3 is 4.74 Å². The number of methoxy groups -OCH3 is 1. The molecular formula is C17H16BrFO2.